The largest absolute Gasteiger partial charge is 0.507 e. The van der Waals surface area contributed by atoms with Crippen LogP contribution in [0.5, 0.6) is 40.2 Å². The zero-order chi connectivity index (χ0) is 77.7. The van der Waals surface area contributed by atoms with Crippen LogP contribution in [0.4, 0.5) is 0 Å². The predicted octanol–water partition coefficient (Wildman–Crippen LogP) is 16.2. The maximum atomic E-state index is 11.7. The van der Waals surface area contributed by atoms with Gasteiger partial charge in [0.1, 0.15) is 51.9 Å². The molecule has 5 aliphatic rings. The molecule has 5 unspecified atom stereocenters. The van der Waals surface area contributed by atoms with Gasteiger partial charge in [0.05, 0.1) is 36.1 Å². The van der Waals surface area contributed by atoms with Gasteiger partial charge in [0.15, 0.2) is 29.6 Å². The van der Waals surface area contributed by atoms with E-state index in [1.807, 2.05) is 164 Å². The SMILES string of the molecule is CC.CC.CC.CC.CC.CC.CC.CC(=O)c1ccccc1O.CCOC(=O)C1CC(=O)c2ccccc2O1.NC(=O)C1CCc2ccccc2O1.NCC1CCc2ccccc2O1.O=C(O)C1CCc2ccccc2O1.O=C(O)c1ccccc1O.O=C1CC(C(=O)O)Oc2ccccc21. The van der Waals surface area contributed by atoms with E-state index >= 15 is 0 Å². The Morgan fingerprint density at radius 3 is 1.11 bits per heavy atom. The number of hydrogen-bond donors (Lipinski definition) is 7. The Labute approximate surface area is 603 Å². The average molecular weight is 1420 g/mol. The Morgan fingerprint density at radius 2 is 0.745 bits per heavy atom. The molecule has 5 heterocycles. The average Bonchev–Trinajstić information content (AvgIpc) is 0.826. The fourth-order valence-corrected chi connectivity index (χ4v) is 9.05. The lowest BCUT2D eigenvalue weighted by molar-refractivity contribution is -0.151. The van der Waals surface area contributed by atoms with Crippen molar-refractivity contribution in [3.8, 4) is 40.2 Å². The zero-order valence-corrected chi connectivity index (χ0v) is 62.2. The van der Waals surface area contributed by atoms with Crippen molar-refractivity contribution in [2.45, 2.75) is 193 Å². The number of carbonyl (C=O) groups is 8. The van der Waals surface area contributed by atoms with E-state index in [1.165, 1.54) is 30.7 Å². The molecular weight excluding hydrogens is 1300 g/mol. The minimum Gasteiger partial charge on any atom is -0.507 e. The van der Waals surface area contributed by atoms with Gasteiger partial charge in [-0.05, 0) is 136 Å². The summed E-state index contributed by atoms with van der Waals surface area (Å²) in [6, 6.07) is 49.3. The van der Waals surface area contributed by atoms with Gasteiger partial charge in [-0.25, -0.2) is 19.2 Å². The molecule has 5 atom stereocenters. The van der Waals surface area contributed by atoms with Gasteiger partial charge in [-0.3, -0.25) is 19.2 Å². The molecule has 0 spiro atoms. The van der Waals surface area contributed by atoms with Crippen LogP contribution in [0.25, 0.3) is 0 Å². The number of carboxylic acids is 3. The van der Waals surface area contributed by atoms with Crippen molar-refractivity contribution in [2.75, 3.05) is 13.2 Å². The van der Waals surface area contributed by atoms with Crippen molar-refractivity contribution in [1.29, 1.82) is 0 Å². The van der Waals surface area contributed by atoms with E-state index in [2.05, 4.69) is 6.07 Å². The lowest BCUT2D eigenvalue weighted by atomic mass is 10.0. The van der Waals surface area contributed by atoms with Gasteiger partial charge >= 0.3 is 23.9 Å². The van der Waals surface area contributed by atoms with Crippen LogP contribution < -0.4 is 35.2 Å². The number of aromatic hydroxyl groups is 2. The number of carboxylic acid groups (broad SMARTS) is 3. The standard InChI is InChI=1S/C12H12O4.C10H11NO2.C10H13NO.C10H8O4.C10H10O3.C8H8O2.C7H6O3.7C2H6/c1-2-15-12(14)11-7-9(13)8-5-3-4-6-10(8)16-11;11-10(12)9-6-5-7-3-1-2-4-8(7)13-9;11-7-9-6-5-8-3-1-2-4-10(8)12-9;11-7-5-9(10(12)13)14-8-4-2-1-3-6(7)8;11-10(12)9-6-5-7-3-1-2-4-8(7)13-9;1-6(9)7-4-2-3-5-8(7)10;8-6-4-2-1-3-5(6)7(9)10;7*1-2/h3-6,11H,2,7H2,1H3;1-4,9H,5-6H2,(H2,11,12);1-4,9H,5-7,11H2;1-4,9H,5H2,(H,12,13);1-4,9H,5-6H2,(H,11,12);2-5,10H,1H3;1-4,8H,(H,9,10);7*1-2H3. The number of aryl methyl sites for hydroxylation is 3. The number of ether oxygens (including phenoxy) is 6. The van der Waals surface area contributed by atoms with E-state index in [0.29, 0.717) is 53.3 Å². The maximum absolute atomic E-state index is 11.7. The molecule has 0 saturated heterocycles. The molecule has 12 rings (SSSR count). The van der Waals surface area contributed by atoms with Crippen LogP contribution in [0.3, 0.4) is 0 Å². The molecular formula is C81H110N2O19. The third-order valence-corrected chi connectivity index (χ3v) is 13.6. The second-order valence-corrected chi connectivity index (χ2v) is 19.8. The molecule has 7 aromatic carbocycles. The third kappa shape index (κ3) is 32.6. The Hall–Kier alpha value is -10.5. The summed E-state index contributed by atoms with van der Waals surface area (Å²) in [6.07, 6.45) is 2.26. The van der Waals surface area contributed by atoms with Crippen LogP contribution in [0, 0.1) is 0 Å². The van der Waals surface area contributed by atoms with E-state index in [-0.39, 0.29) is 65.9 Å². The number of benzene rings is 7. The Morgan fingerprint density at radius 1 is 0.422 bits per heavy atom. The number of primary amides is 1. The van der Waals surface area contributed by atoms with Gasteiger partial charge in [0, 0.05) is 6.54 Å². The molecule has 0 aromatic heterocycles. The highest BCUT2D eigenvalue weighted by Crippen LogP contribution is 2.31. The number of aromatic carboxylic acids is 1. The quantitative estimate of drug-likeness (QED) is 0.0549. The van der Waals surface area contributed by atoms with Crippen molar-refractivity contribution in [3.63, 3.8) is 0 Å². The second kappa shape index (κ2) is 55.3. The molecule has 0 radical (unpaired) electrons. The van der Waals surface area contributed by atoms with Gasteiger partial charge in [-0.2, -0.15) is 0 Å². The highest BCUT2D eigenvalue weighted by atomic mass is 16.6. The van der Waals surface area contributed by atoms with E-state index in [9.17, 15) is 38.4 Å². The highest BCUT2D eigenvalue weighted by molar-refractivity contribution is 6.03. The molecule has 7 aromatic rings. The van der Waals surface area contributed by atoms with Crippen LogP contribution >= 0.6 is 0 Å². The first-order valence-corrected chi connectivity index (χ1v) is 35.0. The first-order valence-electron chi connectivity index (χ1n) is 35.0. The van der Waals surface area contributed by atoms with Gasteiger partial charge in [-0.1, -0.05) is 200 Å². The smallest absolute Gasteiger partial charge is 0.347 e. The van der Waals surface area contributed by atoms with Crippen LogP contribution in [-0.2, 0) is 43.2 Å². The number of carbonyl (C=O) groups excluding carboxylic acids is 5. The molecule has 558 valence electrons. The van der Waals surface area contributed by atoms with E-state index < -0.39 is 48.3 Å². The van der Waals surface area contributed by atoms with Gasteiger partial charge < -0.3 is 65.4 Å². The lowest BCUT2D eigenvalue weighted by Crippen LogP contribution is -2.36. The highest BCUT2D eigenvalue weighted by Gasteiger charge is 2.33. The minimum atomic E-state index is -1.11. The van der Waals surface area contributed by atoms with Crippen LogP contribution in [0.15, 0.2) is 170 Å². The zero-order valence-electron chi connectivity index (χ0n) is 62.2. The summed E-state index contributed by atoms with van der Waals surface area (Å²) >= 11 is 0. The number of para-hydroxylation sites is 7. The van der Waals surface area contributed by atoms with Gasteiger partial charge in [0.2, 0.25) is 12.2 Å². The van der Waals surface area contributed by atoms with E-state index in [4.69, 9.17) is 65.4 Å². The van der Waals surface area contributed by atoms with Crippen molar-refractivity contribution >= 4 is 47.1 Å². The molecule has 1 amide bonds. The van der Waals surface area contributed by atoms with Crippen LogP contribution in [0.1, 0.15) is 201 Å². The molecule has 21 nitrogen and oxygen atoms in total. The number of rotatable bonds is 8. The van der Waals surface area contributed by atoms with Crippen molar-refractivity contribution < 1.29 is 92.3 Å². The Bertz CT molecular complexity index is 3450. The van der Waals surface area contributed by atoms with Crippen LogP contribution in [0.2, 0.25) is 0 Å². The number of amides is 1. The van der Waals surface area contributed by atoms with Crippen molar-refractivity contribution in [1.82, 2.24) is 0 Å². The fraction of sp³-hybridized carbons (Fsp3) is 0.383. The molecule has 9 N–H and O–H groups in total. The Kier molecular flexibility index (Phi) is 50.7. The normalized spacial score (nSPS) is 15.5. The van der Waals surface area contributed by atoms with Crippen LogP contribution in [-0.4, -0.2) is 116 Å². The first kappa shape index (κ1) is 93.5. The molecule has 0 fully saturated rings. The van der Waals surface area contributed by atoms with Crippen molar-refractivity contribution in [3.05, 3.63) is 209 Å². The monoisotopic (exact) mass is 1410 g/mol. The summed E-state index contributed by atoms with van der Waals surface area (Å²) in [5, 5.41) is 43.8. The number of hydrogen-bond acceptors (Lipinski definition) is 17. The summed E-state index contributed by atoms with van der Waals surface area (Å²) in [4.78, 5) is 87.7. The summed E-state index contributed by atoms with van der Waals surface area (Å²) in [5.41, 5.74) is 15.6. The molecule has 102 heavy (non-hydrogen) atoms. The van der Waals surface area contributed by atoms with Crippen molar-refractivity contribution in [2.24, 2.45) is 11.5 Å². The summed E-state index contributed by atoms with van der Waals surface area (Å²) in [6.45, 7) is 32.1. The molecule has 0 aliphatic carbocycles. The number of nitrogens with two attached hydrogens (primary N) is 2. The minimum absolute atomic E-state index is 0.0509. The lowest BCUT2D eigenvalue weighted by Gasteiger charge is -2.24. The first-order chi connectivity index (χ1) is 49.3. The van der Waals surface area contributed by atoms with E-state index in [1.54, 1.807) is 85.8 Å². The maximum Gasteiger partial charge on any atom is 0.347 e. The van der Waals surface area contributed by atoms with Gasteiger partial charge in [-0.15, -0.1) is 0 Å². The second-order valence-electron chi connectivity index (χ2n) is 19.8. The number of phenolic OH excluding ortho intramolecular Hbond substituents is 1. The number of fused-ring (bicyclic) bond motifs is 5. The Balaban J connectivity index is 0. The number of Topliss-reactive ketones (excluding diaryl/α,β-unsaturated/α-hetero) is 3. The summed E-state index contributed by atoms with van der Waals surface area (Å²) in [5.74, 6) is -1.16. The summed E-state index contributed by atoms with van der Waals surface area (Å²) in [7, 11) is 0. The number of aliphatic carboxylic acids is 2. The molecule has 0 saturated carbocycles. The topological polar surface area (TPSA) is 345 Å². The van der Waals surface area contributed by atoms with E-state index in [0.717, 1.165) is 48.3 Å². The summed E-state index contributed by atoms with van der Waals surface area (Å²) < 4.78 is 31.8. The molecule has 0 bridgehead atoms. The number of esters is 1. The number of ketones is 3. The number of phenols is 2. The van der Waals surface area contributed by atoms with Gasteiger partial charge in [0.25, 0.3) is 5.91 Å². The molecule has 5 aliphatic heterocycles. The fourth-order valence-electron chi connectivity index (χ4n) is 9.05. The predicted molar refractivity (Wildman–Crippen MR) is 400 cm³/mol. The molecule has 21 heteroatoms. The third-order valence-electron chi connectivity index (χ3n) is 13.6.